The first kappa shape index (κ1) is 14.1. The zero-order valence-electron chi connectivity index (χ0n) is 11.8. The highest BCUT2D eigenvalue weighted by molar-refractivity contribution is 5.44. The second kappa shape index (κ2) is 5.16. The van der Waals surface area contributed by atoms with Gasteiger partial charge in [-0.05, 0) is 24.1 Å². The summed E-state index contributed by atoms with van der Waals surface area (Å²) in [7, 11) is 3.05. The maximum Gasteiger partial charge on any atom is 0.248 e. The topological polar surface area (TPSA) is 94.4 Å². The lowest BCUT2D eigenvalue weighted by atomic mass is 9.78. The van der Waals surface area contributed by atoms with Gasteiger partial charge in [-0.1, -0.05) is 6.07 Å². The third-order valence-electron chi connectivity index (χ3n) is 4.29. The van der Waals surface area contributed by atoms with Crippen molar-refractivity contribution in [2.45, 2.75) is 36.7 Å². The molecule has 3 rings (SSSR count). The molecule has 114 valence electrons. The van der Waals surface area contributed by atoms with E-state index in [4.69, 9.17) is 14.2 Å². The number of rotatable bonds is 4. The van der Waals surface area contributed by atoms with E-state index in [1.165, 1.54) is 14.2 Å². The smallest absolute Gasteiger partial charge is 0.248 e. The van der Waals surface area contributed by atoms with Crippen LogP contribution in [0.1, 0.15) is 17.9 Å². The second-order valence-electron chi connectivity index (χ2n) is 5.36. The number of benzene rings is 1. The minimum Gasteiger partial charge on any atom is -0.493 e. The van der Waals surface area contributed by atoms with Gasteiger partial charge in [0, 0.05) is 4.92 Å². The molecular weight excluding hydrogens is 278 g/mol. The molecule has 1 saturated carbocycles. The van der Waals surface area contributed by atoms with Crippen LogP contribution >= 0.6 is 0 Å². The summed E-state index contributed by atoms with van der Waals surface area (Å²) >= 11 is 0. The highest BCUT2D eigenvalue weighted by Crippen LogP contribution is 2.46. The third-order valence-corrected chi connectivity index (χ3v) is 4.29. The van der Waals surface area contributed by atoms with Gasteiger partial charge in [-0.15, -0.1) is 0 Å². The lowest BCUT2D eigenvalue weighted by molar-refractivity contribution is -0.540. The average molecular weight is 295 g/mol. The van der Waals surface area contributed by atoms with Gasteiger partial charge in [-0.2, -0.15) is 0 Å². The van der Waals surface area contributed by atoms with Crippen molar-refractivity contribution in [1.29, 1.82) is 0 Å². The average Bonchev–Trinajstić information content (AvgIpc) is 3.25. The second-order valence-corrected chi connectivity index (χ2v) is 5.36. The lowest BCUT2D eigenvalue weighted by Crippen LogP contribution is -2.46. The molecule has 7 nitrogen and oxygen atoms in total. The number of nitrogens with zero attached hydrogens (tertiary/aromatic N) is 1. The fraction of sp³-hybridized carbons (Fsp3) is 0.571. The number of epoxide rings is 1. The molecule has 0 spiro atoms. The van der Waals surface area contributed by atoms with Crippen molar-refractivity contribution in [3.8, 4) is 11.5 Å². The molecule has 1 saturated heterocycles. The third kappa shape index (κ3) is 2.32. The van der Waals surface area contributed by atoms with Crippen LogP contribution in [0.25, 0.3) is 0 Å². The van der Waals surface area contributed by atoms with Crippen LogP contribution in [0.2, 0.25) is 0 Å². The van der Waals surface area contributed by atoms with Crippen molar-refractivity contribution >= 4 is 0 Å². The predicted octanol–water partition coefficient (Wildman–Crippen LogP) is 0.965. The Balaban J connectivity index is 1.95. The van der Waals surface area contributed by atoms with Crippen molar-refractivity contribution in [1.82, 2.24) is 0 Å². The molecule has 2 fully saturated rings. The molecule has 2 aliphatic rings. The molecule has 0 radical (unpaired) electrons. The number of hydrogen-bond acceptors (Lipinski definition) is 6. The normalized spacial score (nSPS) is 34.0. The van der Waals surface area contributed by atoms with Crippen molar-refractivity contribution in [3.63, 3.8) is 0 Å². The molecule has 0 bridgehead atoms. The van der Waals surface area contributed by atoms with E-state index in [0.29, 0.717) is 17.9 Å². The van der Waals surface area contributed by atoms with Crippen molar-refractivity contribution in [3.05, 3.63) is 33.9 Å². The van der Waals surface area contributed by atoms with Crippen LogP contribution in [0.5, 0.6) is 11.5 Å². The summed E-state index contributed by atoms with van der Waals surface area (Å²) in [4.78, 5) is 10.9. The monoisotopic (exact) mass is 295 g/mol. The summed E-state index contributed by atoms with van der Waals surface area (Å²) in [6, 6.07) is 4.16. The van der Waals surface area contributed by atoms with Gasteiger partial charge in [0.05, 0.1) is 26.2 Å². The van der Waals surface area contributed by atoms with Gasteiger partial charge in [0.1, 0.15) is 6.10 Å². The van der Waals surface area contributed by atoms with Gasteiger partial charge < -0.3 is 19.3 Å². The summed E-state index contributed by atoms with van der Waals surface area (Å²) in [5, 5.41) is 21.4. The fourth-order valence-corrected chi connectivity index (χ4v) is 3.16. The number of fused-ring (bicyclic) bond motifs is 1. The Bertz CT molecular complexity index is 562. The quantitative estimate of drug-likeness (QED) is 0.505. The van der Waals surface area contributed by atoms with E-state index in [0.717, 1.165) is 5.56 Å². The molecule has 0 amide bonds. The molecule has 1 heterocycles. The molecule has 1 aromatic rings. The van der Waals surface area contributed by atoms with E-state index in [-0.39, 0.29) is 6.10 Å². The van der Waals surface area contributed by atoms with Gasteiger partial charge in [0.2, 0.25) is 6.04 Å². The van der Waals surface area contributed by atoms with E-state index >= 15 is 0 Å². The Hall–Kier alpha value is -1.86. The van der Waals surface area contributed by atoms with Crippen LogP contribution in [-0.4, -0.2) is 48.6 Å². The number of nitro groups is 1. The van der Waals surface area contributed by atoms with Crippen LogP contribution in [0.15, 0.2) is 18.2 Å². The molecule has 0 unspecified atom stereocenters. The maximum atomic E-state index is 11.3. The van der Waals surface area contributed by atoms with Crippen LogP contribution in [-0.2, 0) is 4.74 Å². The van der Waals surface area contributed by atoms with E-state index in [9.17, 15) is 15.2 Å². The number of ether oxygens (including phenoxy) is 3. The highest BCUT2D eigenvalue weighted by atomic mass is 16.6. The molecule has 1 aromatic carbocycles. The zero-order chi connectivity index (χ0) is 15.1. The van der Waals surface area contributed by atoms with E-state index in [1.54, 1.807) is 18.2 Å². The first-order chi connectivity index (χ1) is 10.1. The summed E-state index contributed by atoms with van der Waals surface area (Å²) in [6.45, 7) is 0. The molecule has 1 aliphatic carbocycles. The van der Waals surface area contributed by atoms with Gasteiger partial charge in [-0.3, -0.25) is 10.1 Å². The van der Waals surface area contributed by atoms with E-state index in [2.05, 4.69) is 0 Å². The van der Waals surface area contributed by atoms with Crippen LogP contribution in [0, 0.1) is 10.1 Å². The Morgan fingerprint density at radius 2 is 2.05 bits per heavy atom. The summed E-state index contributed by atoms with van der Waals surface area (Å²) in [5.41, 5.74) is 0.752. The standard InChI is InChI=1S/C14H17NO6/c1-19-9-4-3-7(5-10(9)20-2)8-6-11-14(21-11)13(16)12(8)15(17)18/h3-5,8,11-14,16H,6H2,1-2H3/t8-,11-,12-,13+,14-/m1/s1. The fourth-order valence-electron chi connectivity index (χ4n) is 3.16. The van der Waals surface area contributed by atoms with E-state index in [1.807, 2.05) is 0 Å². The van der Waals surface area contributed by atoms with Crippen molar-refractivity contribution in [2.24, 2.45) is 0 Å². The molecule has 7 heteroatoms. The summed E-state index contributed by atoms with van der Waals surface area (Å²) in [6.07, 6.45) is -1.02. The van der Waals surface area contributed by atoms with Crippen LogP contribution in [0.4, 0.5) is 0 Å². The van der Waals surface area contributed by atoms with Crippen molar-refractivity contribution in [2.75, 3.05) is 14.2 Å². The molecule has 5 atom stereocenters. The molecule has 0 aromatic heterocycles. The first-order valence-corrected chi connectivity index (χ1v) is 6.75. The number of methoxy groups -OCH3 is 2. The van der Waals surface area contributed by atoms with Gasteiger partial charge in [-0.25, -0.2) is 0 Å². The Morgan fingerprint density at radius 1 is 1.33 bits per heavy atom. The highest BCUT2D eigenvalue weighted by Gasteiger charge is 2.60. The zero-order valence-corrected chi connectivity index (χ0v) is 11.8. The summed E-state index contributed by atoms with van der Waals surface area (Å²) < 4.78 is 15.7. The van der Waals surface area contributed by atoms with Gasteiger partial charge in [0.25, 0.3) is 0 Å². The maximum absolute atomic E-state index is 11.3. The largest absolute Gasteiger partial charge is 0.493 e. The molecule has 1 N–H and O–H groups in total. The Kier molecular flexibility index (Phi) is 3.46. The molecule has 1 aliphatic heterocycles. The Morgan fingerprint density at radius 3 is 2.67 bits per heavy atom. The number of aliphatic hydroxyl groups excluding tert-OH is 1. The Labute approximate surface area is 121 Å². The van der Waals surface area contributed by atoms with E-state index < -0.39 is 29.1 Å². The predicted molar refractivity (Wildman–Crippen MR) is 72.4 cm³/mol. The van der Waals surface area contributed by atoms with Crippen LogP contribution < -0.4 is 9.47 Å². The molecular formula is C14H17NO6. The SMILES string of the molecule is COc1ccc([C@H]2C[C@H]3O[C@H]3[C@@H](O)[C@@H]2[N+](=O)[O-])cc1OC. The first-order valence-electron chi connectivity index (χ1n) is 6.75. The summed E-state index contributed by atoms with van der Waals surface area (Å²) in [5.74, 6) is 0.680. The van der Waals surface area contributed by atoms with Gasteiger partial charge >= 0.3 is 0 Å². The number of hydrogen-bond donors (Lipinski definition) is 1. The minimum atomic E-state index is -1.07. The lowest BCUT2D eigenvalue weighted by Gasteiger charge is -2.27. The van der Waals surface area contributed by atoms with Gasteiger partial charge in [0.15, 0.2) is 17.6 Å². The number of aliphatic hydroxyl groups is 1. The van der Waals surface area contributed by atoms with Crippen molar-refractivity contribution < 1.29 is 24.2 Å². The molecule has 21 heavy (non-hydrogen) atoms. The van der Waals surface area contributed by atoms with Crippen LogP contribution in [0.3, 0.4) is 0 Å². The minimum absolute atomic E-state index is 0.0886.